The quantitative estimate of drug-likeness (QED) is 0.595. The number of carbonyl (C=O) groups is 1. The topological polar surface area (TPSA) is 26.3 Å². The molecule has 1 atom stereocenters. The van der Waals surface area contributed by atoms with Gasteiger partial charge in [-0.15, -0.1) is 13.2 Å². The molecule has 1 rings (SSSR count). The van der Waals surface area contributed by atoms with Crippen LogP contribution >= 0.6 is 0 Å². The van der Waals surface area contributed by atoms with E-state index in [4.69, 9.17) is 0 Å². The third-order valence-electron chi connectivity index (χ3n) is 1.52. The van der Waals surface area contributed by atoms with Gasteiger partial charge in [-0.25, -0.2) is 0 Å². The average Bonchev–Trinajstić information content (AvgIpc) is 2.12. The van der Waals surface area contributed by atoms with Gasteiger partial charge in [-0.3, -0.25) is 9.53 Å². The Hall–Kier alpha value is -0.580. The van der Waals surface area contributed by atoms with Crippen LogP contribution in [0, 0.1) is 0 Å². The van der Waals surface area contributed by atoms with E-state index in [1.165, 1.54) is 0 Å². The summed E-state index contributed by atoms with van der Waals surface area (Å²) in [6.45, 7) is 0. The molecule has 64 valence electrons. The Balaban J connectivity index is 2.43. The zero-order chi connectivity index (χ0) is 8.48. The summed E-state index contributed by atoms with van der Waals surface area (Å²) in [5, 5.41) is 0. The van der Waals surface area contributed by atoms with E-state index < -0.39 is 18.2 Å². The van der Waals surface area contributed by atoms with Gasteiger partial charge in [0.05, 0.1) is 0 Å². The van der Waals surface area contributed by atoms with Crippen LogP contribution in [0.4, 0.5) is 13.2 Å². The Morgan fingerprint density at radius 1 is 1.45 bits per heavy atom. The summed E-state index contributed by atoms with van der Waals surface area (Å²) in [5.41, 5.74) is 0. The second kappa shape index (κ2) is 2.81. The molecule has 0 N–H and O–H groups in total. The van der Waals surface area contributed by atoms with Crippen LogP contribution in [-0.4, -0.2) is 18.2 Å². The normalized spacial score (nSPS) is 26.1. The summed E-state index contributed by atoms with van der Waals surface area (Å²) in [6.07, 6.45) is -5.02. The molecule has 1 aliphatic rings. The number of ketones is 1. The van der Waals surface area contributed by atoms with Gasteiger partial charge in [0.15, 0.2) is 5.78 Å². The first-order chi connectivity index (χ1) is 4.99. The summed E-state index contributed by atoms with van der Waals surface area (Å²) in [5.74, 6) is -0.442. The summed E-state index contributed by atoms with van der Waals surface area (Å²) in [4.78, 5) is 10.6. The minimum Gasteiger partial charge on any atom is -0.297 e. The molecule has 1 fully saturated rings. The van der Waals surface area contributed by atoms with Crippen molar-refractivity contribution in [2.75, 3.05) is 0 Å². The zero-order valence-corrected chi connectivity index (χ0v) is 5.65. The van der Waals surface area contributed by atoms with Crippen LogP contribution in [0.15, 0.2) is 0 Å². The maximum absolute atomic E-state index is 11.5. The number of carbonyl (C=O) groups excluding carboxylic acids is 1. The summed E-state index contributed by atoms with van der Waals surface area (Å²) >= 11 is 0. The van der Waals surface area contributed by atoms with Crippen LogP contribution in [0.3, 0.4) is 0 Å². The fraction of sp³-hybridized carbons (Fsp3) is 0.833. The molecule has 0 radical (unpaired) electrons. The van der Waals surface area contributed by atoms with Crippen LogP contribution in [0.5, 0.6) is 0 Å². The number of alkyl halides is 3. The summed E-state index contributed by atoms with van der Waals surface area (Å²) in [6, 6.07) is 0. The Morgan fingerprint density at radius 2 is 2.09 bits per heavy atom. The molecule has 5 heteroatoms. The lowest BCUT2D eigenvalue weighted by molar-refractivity contribution is -0.336. The van der Waals surface area contributed by atoms with Crippen molar-refractivity contribution in [1.29, 1.82) is 0 Å². The van der Waals surface area contributed by atoms with E-state index in [1.807, 2.05) is 0 Å². The van der Waals surface area contributed by atoms with Gasteiger partial charge in [-0.2, -0.15) is 0 Å². The van der Waals surface area contributed by atoms with Crippen LogP contribution in [-0.2, 0) is 9.53 Å². The van der Waals surface area contributed by atoms with E-state index in [-0.39, 0.29) is 12.8 Å². The molecule has 0 aliphatic heterocycles. The van der Waals surface area contributed by atoms with Gasteiger partial charge in [-0.1, -0.05) is 0 Å². The van der Waals surface area contributed by atoms with Crippen molar-refractivity contribution in [2.24, 2.45) is 0 Å². The molecule has 0 aromatic heterocycles. The van der Waals surface area contributed by atoms with Crippen LogP contribution in [0.25, 0.3) is 0 Å². The lowest BCUT2D eigenvalue weighted by Gasteiger charge is -2.11. The van der Waals surface area contributed by atoms with Crippen LogP contribution < -0.4 is 0 Å². The first-order valence-corrected chi connectivity index (χ1v) is 3.26. The molecule has 2 nitrogen and oxygen atoms in total. The molecule has 1 aliphatic carbocycles. The van der Waals surface area contributed by atoms with Gasteiger partial charge >= 0.3 is 6.36 Å². The molecule has 0 bridgehead atoms. The smallest absolute Gasteiger partial charge is 0.297 e. The number of ether oxygens (including phenoxy) is 1. The summed E-state index contributed by atoms with van der Waals surface area (Å²) in [7, 11) is 0. The van der Waals surface area contributed by atoms with E-state index in [1.54, 1.807) is 0 Å². The third-order valence-corrected chi connectivity index (χ3v) is 1.52. The Morgan fingerprint density at radius 3 is 2.45 bits per heavy atom. The Bertz CT molecular complexity index is 164. The molecule has 0 saturated heterocycles. The predicted octanol–water partition coefficient (Wildman–Crippen LogP) is 1.64. The van der Waals surface area contributed by atoms with Crippen molar-refractivity contribution in [3.63, 3.8) is 0 Å². The highest BCUT2D eigenvalue weighted by atomic mass is 19.4. The van der Waals surface area contributed by atoms with Crippen molar-refractivity contribution in [3.8, 4) is 0 Å². The molecule has 0 aromatic carbocycles. The minimum atomic E-state index is -4.68. The van der Waals surface area contributed by atoms with Gasteiger partial charge in [0.2, 0.25) is 0 Å². The van der Waals surface area contributed by atoms with Crippen LogP contribution in [0.1, 0.15) is 19.3 Å². The monoisotopic (exact) mass is 168 g/mol. The molecular weight excluding hydrogens is 161 g/mol. The van der Waals surface area contributed by atoms with Crippen LogP contribution in [0.2, 0.25) is 0 Å². The number of hydrogen-bond acceptors (Lipinski definition) is 2. The minimum absolute atomic E-state index is 0.193. The van der Waals surface area contributed by atoms with E-state index in [0.717, 1.165) is 0 Å². The number of Topliss-reactive ketones (excluding diaryl/α,β-unsaturated/α-hetero) is 1. The second-order valence-corrected chi connectivity index (χ2v) is 2.41. The van der Waals surface area contributed by atoms with Gasteiger partial charge in [0.1, 0.15) is 6.10 Å². The molecule has 1 saturated carbocycles. The second-order valence-electron chi connectivity index (χ2n) is 2.41. The van der Waals surface area contributed by atoms with Crippen molar-refractivity contribution >= 4 is 5.78 Å². The number of halogens is 3. The third kappa shape index (κ3) is 2.49. The largest absolute Gasteiger partial charge is 0.523 e. The first kappa shape index (κ1) is 8.52. The Kier molecular flexibility index (Phi) is 2.17. The standard InChI is InChI=1S/C6H7F3O2/c7-6(8,9)11-5-3-1-2-4(5)10/h5H,1-3H2. The fourth-order valence-electron chi connectivity index (χ4n) is 1.07. The number of rotatable bonds is 1. The van der Waals surface area contributed by atoms with Crippen molar-refractivity contribution in [3.05, 3.63) is 0 Å². The molecule has 0 amide bonds. The highest BCUT2D eigenvalue weighted by molar-refractivity contribution is 5.84. The summed E-state index contributed by atoms with van der Waals surface area (Å²) < 4.78 is 38.1. The SMILES string of the molecule is O=C1CCCC1OC(F)(F)F. The zero-order valence-electron chi connectivity index (χ0n) is 5.65. The van der Waals surface area contributed by atoms with E-state index in [0.29, 0.717) is 6.42 Å². The molecule has 0 heterocycles. The molecule has 0 aromatic rings. The van der Waals surface area contributed by atoms with E-state index >= 15 is 0 Å². The first-order valence-electron chi connectivity index (χ1n) is 3.26. The maximum Gasteiger partial charge on any atom is 0.523 e. The fourth-order valence-corrected chi connectivity index (χ4v) is 1.07. The predicted molar refractivity (Wildman–Crippen MR) is 29.8 cm³/mol. The highest BCUT2D eigenvalue weighted by Gasteiger charge is 2.38. The van der Waals surface area contributed by atoms with Crippen molar-refractivity contribution in [2.45, 2.75) is 31.7 Å². The number of hydrogen-bond donors (Lipinski definition) is 0. The Labute approximate surface area is 61.3 Å². The van der Waals surface area contributed by atoms with Gasteiger partial charge < -0.3 is 0 Å². The highest BCUT2D eigenvalue weighted by Crippen LogP contribution is 2.26. The molecule has 0 spiro atoms. The molecule has 1 unspecified atom stereocenters. The van der Waals surface area contributed by atoms with E-state index in [2.05, 4.69) is 4.74 Å². The van der Waals surface area contributed by atoms with Crippen molar-refractivity contribution < 1.29 is 22.7 Å². The molecule has 11 heavy (non-hydrogen) atoms. The van der Waals surface area contributed by atoms with Gasteiger partial charge in [0, 0.05) is 6.42 Å². The maximum atomic E-state index is 11.5. The van der Waals surface area contributed by atoms with Gasteiger partial charge in [0.25, 0.3) is 0 Å². The van der Waals surface area contributed by atoms with E-state index in [9.17, 15) is 18.0 Å². The van der Waals surface area contributed by atoms with Crippen molar-refractivity contribution in [1.82, 2.24) is 0 Å². The lowest BCUT2D eigenvalue weighted by atomic mass is 10.3. The van der Waals surface area contributed by atoms with Gasteiger partial charge in [-0.05, 0) is 12.8 Å². The average molecular weight is 168 g/mol. The lowest BCUT2D eigenvalue weighted by Crippen LogP contribution is -2.26. The molecular formula is C6H7F3O2.